The summed E-state index contributed by atoms with van der Waals surface area (Å²) in [6.45, 7) is 6.93. The van der Waals surface area contributed by atoms with E-state index in [0.717, 1.165) is 23.9 Å². The SMILES string of the molecule is CCOP(=O)(OCC)c1ccc(N2C[C@@]3(CCC[C@](C)(Cn4cnc5ccc(C#N)cc54)C3)C(=O)C2=O)nc1. The fourth-order valence-electron chi connectivity index (χ4n) is 6.18. The number of rotatable bonds is 8. The third-order valence-electron chi connectivity index (χ3n) is 7.81. The molecule has 0 bridgehead atoms. The number of carbonyl (C=O) groups is 2. The molecule has 2 atom stereocenters. The number of fused-ring (bicyclic) bond motifs is 1. The first-order valence-electron chi connectivity index (χ1n) is 13.2. The van der Waals surface area contributed by atoms with E-state index in [1.54, 1.807) is 38.4 Å². The summed E-state index contributed by atoms with van der Waals surface area (Å²) in [6, 6.07) is 10.8. The Labute approximate surface area is 227 Å². The number of benzene rings is 1. The lowest BCUT2D eigenvalue weighted by atomic mass is 9.61. The fourth-order valence-corrected chi connectivity index (χ4v) is 7.69. The van der Waals surface area contributed by atoms with Crippen molar-refractivity contribution >= 4 is 41.4 Å². The lowest BCUT2D eigenvalue weighted by molar-refractivity contribution is -0.140. The molecule has 10 nitrogen and oxygen atoms in total. The van der Waals surface area contributed by atoms with E-state index in [-0.39, 0.29) is 31.0 Å². The molecular formula is C28H32N5O5P. The molecule has 3 aromatic rings. The summed E-state index contributed by atoms with van der Waals surface area (Å²) in [5, 5.41) is 9.63. The molecule has 1 amide bonds. The molecule has 3 heterocycles. The van der Waals surface area contributed by atoms with Crippen molar-refractivity contribution in [3.8, 4) is 6.07 Å². The quantitative estimate of drug-likeness (QED) is 0.299. The monoisotopic (exact) mass is 549 g/mol. The van der Waals surface area contributed by atoms with E-state index in [0.29, 0.717) is 36.1 Å². The maximum absolute atomic E-state index is 13.5. The van der Waals surface area contributed by atoms with Crippen molar-refractivity contribution in [3.05, 3.63) is 48.4 Å². The van der Waals surface area contributed by atoms with Crippen molar-refractivity contribution in [2.24, 2.45) is 10.8 Å². The lowest BCUT2D eigenvalue weighted by Gasteiger charge is -2.43. The summed E-state index contributed by atoms with van der Waals surface area (Å²) in [6.07, 6.45) is 6.09. The van der Waals surface area contributed by atoms with Crippen LogP contribution < -0.4 is 10.2 Å². The fraction of sp³-hybridized carbons (Fsp3) is 0.464. The molecule has 1 saturated heterocycles. The van der Waals surface area contributed by atoms with Crippen molar-refractivity contribution in [1.29, 1.82) is 5.26 Å². The van der Waals surface area contributed by atoms with E-state index >= 15 is 0 Å². The van der Waals surface area contributed by atoms with Gasteiger partial charge in [-0.3, -0.25) is 19.1 Å². The second-order valence-corrected chi connectivity index (χ2v) is 12.8. The molecule has 39 heavy (non-hydrogen) atoms. The van der Waals surface area contributed by atoms with Gasteiger partial charge in [-0.1, -0.05) is 13.3 Å². The minimum absolute atomic E-state index is 0.216. The predicted octanol–water partition coefficient (Wildman–Crippen LogP) is 4.38. The van der Waals surface area contributed by atoms with Crippen molar-refractivity contribution < 1.29 is 23.2 Å². The number of amides is 1. The molecule has 2 aliphatic rings. The highest BCUT2D eigenvalue weighted by molar-refractivity contribution is 7.62. The number of hydrogen-bond acceptors (Lipinski definition) is 8. The van der Waals surface area contributed by atoms with E-state index in [9.17, 15) is 19.4 Å². The Hall–Kier alpha value is -3.38. The number of carbonyl (C=O) groups excluding carboxylic acids is 2. The van der Waals surface area contributed by atoms with Crippen LogP contribution in [0.15, 0.2) is 42.9 Å². The van der Waals surface area contributed by atoms with E-state index in [1.807, 2.05) is 16.7 Å². The van der Waals surface area contributed by atoms with Gasteiger partial charge in [-0.2, -0.15) is 5.26 Å². The van der Waals surface area contributed by atoms with Crippen LogP contribution in [0.2, 0.25) is 0 Å². The van der Waals surface area contributed by atoms with Crippen LogP contribution >= 0.6 is 7.60 Å². The molecule has 204 valence electrons. The van der Waals surface area contributed by atoms with E-state index in [4.69, 9.17) is 9.05 Å². The first kappa shape index (κ1) is 27.2. The molecule has 5 rings (SSSR count). The molecule has 0 unspecified atom stereocenters. The molecule has 1 spiro atoms. The topological polar surface area (TPSA) is 127 Å². The maximum atomic E-state index is 13.5. The molecular weight excluding hydrogens is 517 g/mol. The summed E-state index contributed by atoms with van der Waals surface area (Å²) < 4.78 is 25.9. The normalized spacial score (nSPS) is 23.6. The Morgan fingerprint density at radius 2 is 1.87 bits per heavy atom. The van der Waals surface area contributed by atoms with E-state index in [2.05, 4.69) is 23.0 Å². The lowest BCUT2D eigenvalue weighted by Crippen LogP contribution is -2.42. The minimum Gasteiger partial charge on any atom is -0.330 e. The molecule has 0 N–H and O–H groups in total. The number of nitriles is 1. The van der Waals surface area contributed by atoms with Crippen LogP contribution in [-0.4, -0.2) is 46.0 Å². The van der Waals surface area contributed by atoms with Crippen LogP contribution in [0.5, 0.6) is 0 Å². The third kappa shape index (κ3) is 4.91. The zero-order chi connectivity index (χ0) is 27.8. The minimum atomic E-state index is -3.51. The molecule has 0 radical (unpaired) electrons. The number of nitrogens with zero attached hydrogens (tertiary/aromatic N) is 5. The first-order valence-corrected chi connectivity index (χ1v) is 14.8. The zero-order valence-electron chi connectivity index (χ0n) is 22.4. The smallest absolute Gasteiger partial charge is 0.330 e. The zero-order valence-corrected chi connectivity index (χ0v) is 23.3. The van der Waals surface area contributed by atoms with Gasteiger partial charge in [0.25, 0.3) is 5.91 Å². The molecule has 11 heteroatoms. The molecule has 2 aromatic heterocycles. The van der Waals surface area contributed by atoms with Crippen LogP contribution in [0.1, 0.15) is 52.0 Å². The number of anilines is 1. The predicted molar refractivity (Wildman–Crippen MR) is 146 cm³/mol. The molecule has 1 aromatic carbocycles. The number of Topliss-reactive ketones (excluding diaryl/α,β-unsaturated/α-hetero) is 1. The summed E-state index contributed by atoms with van der Waals surface area (Å²) in [7, 11) is -3.51. The van der Waals surface area contributed by atoms with Gasteiger partial charge in [0.1, 0.15) is 5.82 Å². The number of aromatic nitrogens is 3. The van der Waals surface area contributed by atoms with Gasteiger partial charge in [0.2, 0.25) is 5.78 Å². The van der Waals surface area contributed by atoms with Crippen LogP contribution in [0.3, 0.4) is 0 Å². The van der Waals surface area contributed by atoms with Gasteiger partial charge < -0.3 is 13.6 Å². The summed E-state index contributed by atoms with van der Waals surface area (Å²) in [5.41, 5.74) is 1.21. The Balaban J connectivity index is 1.38. The van der Waals surface area contributed by atoms with Gasteiger partial charge >= 0.3 is 7.60 Å². The molecule has 2 fully saturated rings. The average molecular weight is 550 g/mol. The van der Waals surface area contributed by atoms with Crippen molar-refractivity contribution in [1.82, 2.24) is 14.5 Å². The Morgan fingerprint density at radius 3 is 2.54 bits per heavy atom. The second kappa shape index (κ2) is 10.3. The number of imidazole rings is 1. The standard InChI is InChI=1S/C28H32N5O5P/c1-4-37-39(36,38-5-2)21-8-10-24(30-15-21)33-18-28(25(34)26(33)35)12-6-11-27(3,16-28)17-32-19-31-22-9-7-20(14-29)13-23(22)32/h7-10,13,15,19H,4-6,11-12,16-18H2,1-3H3/t27-,28-/m0/s1. The largest absolute Gasteiger partial charge is 0.362 e. The molecule has 1 aliphatic heterocycles. The van der Waals surface area contributed by atoms with Crippen LogP contribution in [0.25, 0.3) is 11.0 Å². The van der Waals surface area contributed by atoms with E-state index < -0.39 is 18.9 Å². The van der Waals surface area contributed by atoms with Crippen LogP contribution in [0, 0.1) is 22.2 Å². The van der Waals surface area contributed by atoms with Gasteiger partial charge in [0.05, 0.1) is 52.9 Å². The Morgan fingerprint density at radius 1 is 1.10 bits per heavy atom. The van der Waals surface area contributed by atoms with Crippen molar-refractivity contribution in [3.63, 3.8) is 0 Å². The summed E-state index contributed by atoms with van der Waals surface area (Å²) in [4.78, 5) is 37.0. The highest BCUT2D eigenvalue weighted by Crippen LogP contribution is 2.51. The maximum Gasteiger partial charge on any atom is 0.362 e. The van der Waals surface area contributed by atoms with Crippen LogP contribution in [0.4, 0.5) is 5.82 Å². The highest BCUT2D eigenvalue weighted by atomic mass is 31.2. The first-order chi connectivity index (χ1) is 18.7. The van der Waals surface area contributed by atoms with E-state index in [1.165, 1.54) is 11.1 Å². The Bertz CT molecular complexity index is 1500. The van der Waals surface area contributed by atoms with Crippen molar-refractivity contribution in [2.45, 2.75) is 53.0 Å². The number of ketones is 1. The average Bonchev–Trinajstić information content (AvgIpc) is 3.42. The second-order valence-electron chi connectivity index (χ2n) is 10.7. The van der Waals surface area contributed by atoms with Gasteiger partial charge in [0.15, 0.2) is 0 Å². The van der Waals surface area contributed by atoms with Gasteiger partial charge in [-0.25, -0.2) is 9.97 Å². The third-order valence-corrected chi connectivity index (χ3v) is 9.90. The number of pyridine rings is 1. The molecule has 1 aliphatic carbocycles. The summed E-state index contributed by atoms with van der Waals surface area (Å²) in [5.74, 6) is -0.606. The number of hydrogen-bond donors (Lipinski definition) is 0. The summed E-state index contributed by atoms with van der Waals surface area (Å²) >= 11 is 0. The van der Waals surface area contributed by atoms with Gasteiger partial charge in [0, 0.05) is 19.3 Å². The van der Waals surface area contributed by atoms with Crippen molar-refractivity contribution in [2.75, 3.05) is 24.7 Å². The van der Waals surface area contributed by atoms with Crippen LogP contribution in [-0.2, 0) is 29.7 Å². The Kier molecular flexibility index (Phi) is 7.19. The highest BCUT2D eigenvalue weighted by Gasteiger charge is 2.56. The van der Waals surface area contributed by atoms with Gasteiger partial charge in [-0.15, -0.1) is 0 Å². The van der Waals surface area contributed by atoms with Gasteiger partial charge in [-0.05, 0) is 68.9 Å². The molecule has 1 saturated carbocycles.